The fourth-order valence-electron chi connectivity index (χ4n) is 3.43. The maximum atomic E-state index is 13.1. The number of hydrogen-bond acceptors (Lipinski definition) is 12. The van der Waals surface area contributed by atoms with Gasteiger partial charge in [0.15, 0.2) is 0 Å². The van der Waals surface area contributed by atoms with Crippen LogP contribution in [-0.2, 0) is 48.2 Å². The summed E-state index contributed by atoms with van der Waals surface area (Å²) in [7, 11) is 0. The van der Waals surface area contributed by atoms with Gasteiger partial charge in [0.1, 0.15) is 19.8 Å². The van der Waals surface area contributed by atoms with Crippen molar-refractivity contribution in [2.75, 3.05) is 37.1 Å². The number of carbonyl (C=O) groups is 3. The van der Waals surface area contributed by atoms with Crippen LogP contribution in [0.5, 0.6) is 0 Å². The number of esters is 3. The zero-order valence-corrected chi connectivity index (χ0v) is 25.3. The lowest BCUT2D eigenvalue weighted by molar-refractivity contribution is -0.148. The summed E-state index contributed by atoms with van der Waals surface area (Å²) in [5, 5.41) is 0. The Bertz CT molecular complexity index is 952. The molecule has 222 valence electrons. The first-order valence-corrected chi connectivity index (χ1v) is 14.8. The smallest absolute Gasteiger partial charge is 0.336 e. The Morgan fingerprint density at radius 1 is 0.564 bits per heavy atom. The minimum Gasteiger partial charge on any atom is -0.464 e. The highest BCUT2D eigenvalue weighted by atomic mass is 32.1. The fraction of sp³-hybridized carbons (Fsp3) is 0.750. The van der Waals surface area contributed by atoms with Gasteiger partial charge in [-0.05, 0) is 19.3 Å². The van der Waals surface area contributed by atoms with E-state index in [9.17, 15) is 28.8 Å². The topological polar surface area (TPSA) is 145 Å². The molecule has 1 heterocycles. The average molecular weight is 610 g/mol. The van der Waals surface area contributed by atoms with Crippen molar-refractivity contribution in [2.45, 2.75) is 59.7 Å². The third-order valence-corrected chi connectivity index (χ3v) is 7.52. The number of carbonyl (C=O) groups excluding carboxylic acids is 3. The van der Waals surface area contributed by atoms with Crippen LogP contribution in [0.4, 0.5) is 0 Å². The SMILES string of the molecule is CCC(CS)C(=O)OCCn1c(=O)n(CCOC(=O)C(CC)CS)c(=O)n(CCOC(=O)C(CC)CS)c1=O. The average Bonchev–Trinajstić information content (AvgIpc) is 2.92. The van der Waals surface area contributed by atoms with Crippen molar-refractivity contribution in [3.8, 4) is 0 Å². The largest absolute Gasteiger partial charge is 0.464 e. The summed E-state index contributed by atoms with van der Waals surface area (Å²) >= 11 is 12.3. The lowest BCUT2D eigenvalue weighted by Gasteiger charge is -2.16. The van der Waals surface area contributed by atoms with E-state index < -0.39 is 52.7 Å². The third-order valence-electron chi connectivity index (χ3n) is 6.20. The first-order valence-electron chi connectivity index (χ1n) is 12.9. The second kappa shape index (κ2) is 18.3. The normalized spacial score (nSPS) is 13.4. The number of thiol groups is 3. The highest BCUT2D eigenvalue weighted by Crippen LogP contribution is 2.08. The van der Waals surface area contributed by atoms with Crippen LogP contribution in [0.25, 0.3) is 0 Å². The predicted molar refractivity (Wildman–Crippen MR) is 155 cm³/mol. The highest BCUT2D eigenvalue weighted by molar-refractivity contribution is 7.80. The molecule has 0 bridgehead atoms. The van der Waals surface area contributed by atoms with Gasteiger partial charge >= 0.3 is 35.0 Å². The van der Waals surface area contributed by atoms with Crippen LogP contribution in [0, 0.1) is 17.8 Å². The Labute approximate surface area is 243 Å². The molecular weight excluding hydrogens is 570 g/mol. The van der Waals surface area contributed by atoms with Gasteiger partial charge in [0.2, 0.25) is 0 Å². The molecule has 0 aliphatic heterocycles. The predicted octanol–water partition coefficient (Wildman–Crippen LogP) is 0.669. The molecule has 0 saturated carbocycles. The summed E-state index contributed by atoms with van der Waals surface area (Å²) in [4.78, 5) is 75.7. The van der Waals surface area contributed by atoms with Gasteiger partial charge in [0.05, 0.1) is 37.4 Å². The molecule has 12 nitrogen and oxygen atoms in total. The molecule has 0 saturated heterocycles. The fourth-order valence-corrected chi connectivity index (χ4v) is 4.66. The molecule has 0 amide bonds. The Morgan fingerprint density at radius 3 is 0.974 bits per heavy atom. The van der Waals surface area contributed by atoms with E-state index in [0.29, 0.717) is 19.3 Å². The van der Waals surface area contributed by atoms with Crippen molar-refractivity contribution in [3.05, 3.63) is 31.5 Å². The van der Waals surface area contributed by atoms with E-state index in [-0.39, 0.29) is 56.7 Å². The van der Waals surface area contributed by atoms with Crippen molar-refractivity contribution in [3.63, 3.8) is 0 Å². The van der Waals surface area contributed by atoms with E-state index in [1.165, 1.54) is 0 Å². The molecule has 1 aromatic heterocycles. The van der Waals surface area contributed by atoms with E-state index in [4.69, 9.17) is 14.2 Å². The van der Waals surface area contributed by atoms with Gasteiger partial charge in [-0.15, -0.1) is 0 Å². The first kappa shape index (κ1) is 34.9. The summed E-state index contributed by atoms with van der Waals surface area (Å²) in [6.07, 6.45) is 1.53. The van der Waals surface area contributed by atoms with Crippen molar-refractivity contribution >= 4 is 55.8 Å². The second-order valence-corrected chi connectivity index (χ2v) is 9.76. The lowest BCUT2D eigenvalue weighted by atomic mass is 10.1. The molecule has 15 heteroatoms. The van der Waals surface area contributed by atoms with Gasteiger partial charge in [0, 0.05) is 17.3 Å². The Hall–Kier alpha value is -2.13. The van der Waals surface area contributed by atoms with Crippen LogP contribution < -0.4 is 17.1 Å². The highest BCUT2D eigenvalue weighted by Gasteiger charge is 2.21. The van der Waals surface area contributed by atoms with Crippen molar-refractivity contribution in [2.24, 2.45) is 17.8 Å². The van der Waals surface area contributed by atoms with Crippen LogP contribution in [0.1, 0.15) is 40.0 Å². The quantitative estimate of drug-likeness (QED) is 0.124. The van der Waals surface area contributed by atoms with E-state index in [0.717, 1.165) is 13.7 Å². The molecule has 0 aliphatic carbocycles. The van der Waals surface area contributed by atoms with Crippen molar-refractivity contribution < 1.29 is 28.6 Å². The van der Waals surface area contributed by atoms with Gasteiger partial charge in [0.25, 0.3) is 0 Å². The monoisotopic (exact) mass is 609 g/mol. The number of aromatic nitrogens is 3. The van der Waals surface area contributed by atoms with Crippen LogP contribution in [0.3, 0.4) is 0 Å². The van der Waals surface area contributed by atoms with Gasteiger partial charge in [-0.1, -0.05) is 20.8 Å². The van der Waals surface area contributed by atoms with Gasteiger partial charge < -0.3 is 14.2 Å². The number of nitrogens with zero attached hydrogens (tertiary/aromatic N) is 3. The first-order chi connectivity index (χ1) is 18.6. The molecule has 0 spiro atoms. The van der Waals surface area contributed by atoms with Crippen LogP contribution in [0.2, 0.25) is 0 Å². The maximum absolute atomic E-state index is 13.1. The zero-order valence-electron chi connectivity index (χ0n) is 22.6. The van der Waals surface area contributed by atoms with Crippen molar-refractivity contribution in [1.29, 1.82) is 0 Å². The third kappa shape index (κ3) is 10.1. The molecule has 0 radical (unpaired) electrons. The Balaban J connectivity index is 3.22. The Kier molecular flexibility index (Phi) is 16.3. The summed E-state index contributed by atoms with van der Waals surface area (Å²) in [6.45, 7) is 3.59. The van der Waals surface area contributed by atoms with Crippen LogP contribution in [0.15, 0.2) is 14.4 Å². The number of rotatable bonds is 18. The molecule has 0 fully saturated rings. The van der Waals surface area contributed by atoms with Crippen molar-refractivity contribution in [1.82, 2.24) is 13.7 Å². The second-order valence-electron chi connectivity index (χ2n) is 8.67. The van der Waals surface area contributed by atoms with E-state index in [1.807, 2.05) is 0 Å². The molecule has 0 aromatic carbocycles. The van der Waals surface area contributed by atoms with Crippen LogP contribution in [-0.4, -0.2) is 68.7 Å². The summed E-state index contributed by atoms with van der Waals surface area (Å²) < 4.78 is 17.9. The van der Waals surface area contributed by atoms with Gasteiger partial charge in [-0.2, -0.15) is 37.9 Å². The molecule has 3 atom stereocenters. The zero-order chi connectivity index (χ0) is 29.5. The maximum Gasteiger partial charge on any atom is 0.336 e. The van der Waals surface area contributed by atoms with E-state index in [2.05, 4.69) is 37.9 Å². The Morgan fingerprint density at radius 2 is 0.795 bits per heavy atom. The molecule has 1 rings (SSSR count). The molecule has 39 heavy (non-hydrogen) atoms. The minimum absolute atomic E-state index is 0.280. The molecular formula is C24H39N3O9S3. The molecule has 1 aromatic rings. The number of hydrogen-bond donors (Lipinski definition) is 3. The van der Waals surface area contributed by atoms with E-state index in [1.54, 1.807) is 20.8 Å². The molecule has 3 unspecified atom stereocenters. The summed E-state index contributed by atoms with van der Waals surface area (Å²) in [5.41, 5.74) is -2.85. The van der Waals surface area contributed by atoms with Gasteiger partial charge in [-0.3, -0.25) is 14.4 Å². The number of ether oxygens (including phenoxy) is 3. The van der Waals surface area contributed by atoms with Crippen LogP contribution >= 0.6 is 37.9 Å². The summed E-state index contributed by atoms with van der Waals surface area (Å²) in [5.74, 6) is -2.02. The standard InChI is InChI=1S/C24H39N3O9S3/c1-4-16(13-37)19(28)34-10-7-25-22(31)26(8-11-35-20(29)17(5-2)14-38)24(33)27(23(25)32)9-12-36-21(30)18(6-3)15-39/h16-18,37-39H,4-15H2,1-3H3. The minimum atomic E-state index is -0.950. The molecule has 0 aliphatic rings. The lowest BCUT2D eigenvalue weighted by Crippen LogP contribution is -2.55. The van der Waals surface area contributed by atoms with E-state index >= 15 is 0 Å². The summed E-state index contributed by atoms with van der Waals surface area (Å²) in [6, 6.07) is 0. The molecule has 0 N–H and O–H groups in total. The van der Waals surface area contributed by atoms with Gasteiger partial charge in [-0.25, -0.2) is 28.1 Å².